The highest BCUT2D eigenvalue weighted by Crippen LogP contribution is 2.14. The van der Waals surface area contributed by atoms with Gasteiger partial charge in [-0.1, -0.05) is 13.8 Å². The molecule has 3 heteroatoms. The molecule has 1 heterocycles. The molecule has 0 bridgehead atoms. The molecule has 0 radical (unpaired) electrons. The predicted molar refractivity (Wildman–Crippen MR) is 37.7 cm³/mol. The summed E-state index contributed by atoms with van der Waals surface area (Å²) in [4.78, 5) is 10.6. The third-order valence-corrected chi connectivity index (χ3v) is 1.80. The number of nitrogens with one attached hydrogen (secondary N) is 1. The quantitative estimate of drug-likeness (QED) is 0.597. The molecule has 0 spiro atoms. The molecular formula is C7H13NO2. The van der Waals surface area contributed by atoms with E-state index in [-0.39, 0.29) is 18.2 Å². The molecule has 0 aromatic rings. The minimum Gasteiger partial charge on any atom is -0.444 e. The summed E-state index contributed by atoms with van der Waals surface area (Å²) in [5.74, 6) is 0.446. The molecule has 0 saturated carbocycles. The fourth-order valence-electron chi connectivity index (χ4n) is 1.24. The van der Waals surface area contributed by atoms with Crippen molar-refractivity contribution in [1.82, 2.24) is 5.32 Å². The number of amides is 1. The molecule has 2 atom stereocenters. The van der Waals surface area contributed by atoms with Crippen molar-refractivity contribution in [2.75, 3.05) is 0 Å². The van der Waals surface area contributed by atoms with Gasteiger partial charge in [0.1, 0.15) is 6.10 Å². The Bertz CT molecular complexity index is 145. The highest BCUT2D eigenvalue weighted by molar-refractivity contribution is 5.70. The Labute approximate surface area is 60.7 Å². The molecule has 10 heavy (non-hydrogen) atoms. The van der Waals surface area contributed by atoms with Crippen molar-refractivity contribution in [2.45, 2.75) is 32.9 Å². The van der Waals surface area contributed by atoms with Crippen LogP contribution in [0, 0.1) is 5.92 Å². The second-order valence-corrected chi connectivity index (χ2v) is 3.02. The summed E-state index contributed by atoms with van der Waals surface area (Å²) in [7, 11) is 0. The summed E-state index contributed by atoms with van der Waals surface area (Å²) in [6.07, 6.45) is -0.265. The van der Waals surface area contributed by atoms with Gasteiger partial charge in [-0.15, -0.1) is 0 Å². The van der Waals surface area contributed by atoms with Crippen LogP contribution in [0.1, 0.15) is 20.8 Å². The lowest BCUT2D eigenvalue weighted by Crippen LogP contribution is -2.34. The van der Waals surface area contributed by atoms with Crippen LogP contribution in [0.3, 0.4) is 0 Å². The standard InChI is InChI=1S/C7H13NO2/c1-4(2)6-5(3)10-7(9)8-6/h4-6H,1-3H3,(H,8,9)/t5?,6-/m0/s1. The molecule has 0 aliphatic carbocycles. The fourth-order valence-corrected chi connectivity index (χ4v) is 1.24. The Morgan fingerprint density at radius 3 is 2.40 bits per heavy atom. The summed E-state index contributed by atoms with van der Waals surface area (Å²) in [6.45, 7) is 6.04. The molecule has 1 saturated heterocycles. The zero-order valence-corrected chi connectivity index (χ0v) is 6.55. The van der Waals surface area contributed by atoms with Crippen molar-refractivity contribution in [3.8, 4) is 0 Å². The van der Waals surface area contributed by atoms with Crippen molar-refractivity contribution >= 4 is 6.09 Å². The Kier molecular flexibility index (Phi) is 1.83. The van der Waals surface area contributed by atoms with Gasteiger partial charge in [0.2, 0.25) is 0 Å². The average molecular weight is 143 g/mol. The van der Waals surface area contributed by atoms with Gasteiger partial charge < -0.3 is 10.1 Å². The Hall–Kier alpha value is -0.730. The molecule has 3 nitrogen and oxygen atoms in total. The summed E-state index contributed by atoms with van der Waals surface area (Å²) in [6, 6.07) is 0.187. The van der Waals surface area contributed by atoms with Crippen LogP contribution in [0.15, 0.2) is 0 Å². The number of hydrogen-bond acceptors (Lipinski definition) is 2. The number of carbonyl (C=O) groups is 1. The third kappa shape index (κ3) is 1.23. The van der Waals surface area contributed by atoms with Crippen molar-refractivity contribution in [3.05, 3.63) is 0 Å². The van der Waals surface area contributed by atoms with Crippen LogP contribution in [0.4, 0.5) is 4.79 Å². The van der Waals surface area contributed by atoms with Gasteiger partial charge in [-0.2, -0.15) is 0 Å². The lowest BCUT2D eigenvalue weighted by Gasteiger charge is -2.15. The second-order valence-electron chi connectivity index (χ2n) is 3.02. The van der Waals surface area contributed by atoms with Crippen LogP contribution in [0.2, 0.25) is 0 Å². The van der Waals surface area contributed by atoms with E-state index in [1.807, 2.05) is 6.92 Å². The molecule has 1 amide bonds. The van der Waals surface area contributed by atoms with Crippen molar-refractivity contribution in [2.24, 2.45) is 5.92 Å². The molecule has 1 unspecified atom stereocenters. The number of alkyl carbamates (subject to hydrolysis) is 1. The number of rotatable bonds is 1. The number of cyclic esters (lactones) is 1. The first-order valence-corrected chi connectivity index (χ1v) is 3.58. The normalized spacial score (nSPS) is 32.2. The maximum atomic E-state index is 10.6. The van der Waals surface area contributed by atoms with E-state index in [1.165, 1.54) is 0 Å². The van der Waals surface area contributed by atoms with Crippen LogP contribution >= 0.6 is 0 Å². The van der Waals surface area contributed by atoms with E-state index in [1.54, 1.807) is 0 Å². The minimum absolute atomic E-state index is 0.0208. The van der Waals surface area contributed by atoms with Gasteiger partial charge in [-0.05, 0) is 12.8 Å². The van der Waals surface area contributed by atoms with E-state index in [0.717, 1.165) is 0 Å². The monoisotopic (exact) mass is 143 g/mol. The van der Waals surface area contributed by atoms with E-state index in [2.05, 4.69) is 19.2 Å². The van der Waals surface area contributed by atoms with Gasteiger partial charge in [-0.25, -0.2) is 4.79 Å². The van der Waals surface area contributed by atoms with Gasteiger partial charge in [-0.3, -0.25) is 0 Å². The molecule has 1 aliphatic heterocycles. The zero-order valence-electron chi connectivity index (χ0n) is 6.55. The van der Waals surface area contributed by atoms with Crippen molar-refractivity contribution < 1.29 is 9.53 Å². The first-order chi connectivity index (χ1) is 4.61. The second kappa shape index (κ2) is 2.48. The molecule has 1 rings (SSSR count). The van der Waals surface area contributed by atoms with E-state index < -0.39 is 0 Å². The van der Waals surface area contributed by atoms with Gasteiger partial charge in [0.05, 0.1) is 6.04 Å². The van der Waals surface area contributed by atoms with Crippen LogP contribution in [-0.4, -0.2) is 18.2 Å². The van der Waals surface area contributed by atoms with Gasteiger partial charge in [0.15, 0.2) is 0 Å². The molecule has 1 aliphatic rings. The van der Waals surface area contributed by atoms with Crippen molar-refractivity contribution in [3.63, 3.8) is 0 Å². The summed E-state index contributed by atoms with van der Waals surface area (Å²) in [5, 5.41) is 2.74. The van der Waals surface area contributed by atoms with Crippen LogP contribution in [0.5, 0.6) is 0 Å². The Morgan fingerprint density at radius 2 is 2.20 bits per heavy atom. The van der Waals surface area contributed by atoms with E-state index in [0.29, 0.717) is 5.92 Å². The zero-order chi connectivity index (χ0) is 7.72. The maximum absolute atomic E-state index is 10.6. The third-order valence-electron chi connectivity index (χ3n) is 1.80. The van der Waals surface area contributed by atoms with E-state index in [9.17, 15) is 4.79 Å². The summed E-state index contributed by atoms with van der Waals surface area (Å²) < 4.78 is 4.89. The highest BCUT2D eigenvalue weighted by Gasteiger charge is 2.32. The predicted octanol–water partition coefficient (Wildman–Crippen LogP) is 1.14. The topological polar surface area (TPSA) is 38.3 Å². The van der Waals surface area contributed by atoms with Gasteiger partial charge in [0.25, 0.3) is 0 Å². The SMILES string of the molecule is CC(C)[C@@H]1NC(=O)OC1C. The lowest BCUT2D eigenvalue weighted by molar-refractivity contribution is 0.136. The molecule has 0 aromatic carbocycles. The fraction of sp³-hybridized carbons (Fsp3) is 0.857. The molecule has 58 valence electrons. The highest BCUT2D eigenvalue weighted by atomic mass is 16.6. The van der Waals surface area contributed by atoms with Crippen LogP contribution in [-0.2, 0) is 4.74 Å². The maximum Gasteiger partial charge on any atom is 0.407 e. The average Bonchev–Trinajstić information content (AvgIpc) is 2.10. The molecular weight excluding hydrogens is 130 g/mol. The van der Waals surface area contributed by atoms with Gasteiger partial charge >= 0.3 is 6.09 Å². The smallest absolute Gasteiger partial charge is 0.407 e. The Morgan fingerprint density at radius 1 is 1.60 bits per heavy atom. The number of carbonyl (C=O) groups excluding carboxylic acids is 1. The first-order valence-electron chi connectivity index (χ1n) is 3.58. The first kappa shape index (κ1) is 7.38. The minimum atomic E-state index is -0.286. The van der Waals surface area contributed by atoms with Crippen LogP contribution < -0.4 is 5.32 Å². The lowest BCUT2D eigenvalue weighted by atomic mass is 10.0. The van der Waals surface area contributed by atoms with Gasteiger partial charge in [0, 0.05) is 0 Å². The molecule has 0 aromatic heterocycles. The largest absolute Gasteiger partial charge is 0.444 e. The van der Waals surface area contributed by atoms with Crippen LogP contribution in [0.25, 0.3) is 0 Å². The number of hydrogen-bond donors (Lipinski definition) is 1. The number of ether oxygens (including phenoxy) is 1. The van der Waals surface area contributed by atoms with E-state index >= 15 is 0 Å². The summed E-state index contributed by atoms with van der Waals surface area (Å²) >= 11 is 0. The molecule has 1 fully saturated rings. The molecule has 1 N–H and O–H groups in total. The van der Waals surface area contributed by atoms with Crippen molar-refractivity contribution in [1.29, 1.82) is 0 Å². The van der Waals surface area contributed by atoms with E-state index in [4.69, 9.17) is 4.74 Å². The Balaban J connectivity index is 2.54. The summed E-state index contributed by atoms with van der Waals surface area (Å²) in [5.41, 5.74) is 0.